The van der Waals surface area contributed by atoms with Gasteiger partial charge in [-0.05, 0) is 41.3 Å². The summed E-state index contributed by atoms with van der Waals surface area (Å²) in [4.78, 5) is 0. The average Bonchev–Trinajstić information content (AvgIpc) is 3.50. The molecule has 0 spiro atoms. The molecule has 0 saturated carbocycles. The summed E-state index contributed by atoms with van der Waals surface area (Å²) in [6, 6.07) is 30.5. The Kier molecular flexibility index (Phi) is 5.54. The van der Waals surface area contributed by atoms with Gasteiger partial charge in [0.25, 0.3) is 0 Å². The molecule has 1 aliphatic carbocycles. The maximum absolute atomic E-state index is 2.51. The molecule has 3 heterocycles. The number of nitrogens with zero attached hydrogens (tertiary/aromatic N) is 1. The van der Waals surface area contributed by atoms with Crippen LogP contribution in [0.5, 0.6) is 0 Å². The molecule has 8 rings (SSSR count). The third-order valence-electron chi connectivity index (χ3n) is 7.45. The molecule has 1 atom stereocenters. The van der Waals surface area contributed by atoms with Gasteiger partial charge in [-0.15, -0.1) is 28.5 Å². The molecule has 3 aliphatic rings. The van der Waals surface area contributed by atoms with E-state index in [1.165, 1.54) is 38.5 Å². The van der Waals surface area contributed by atoms with Crippen molar-refractivity contribution in [3.63, 3.8) is 0 Å². The van der Waals surface area contributed by atoms with Gasteiger partial charge < -0.3 is 4.57 Å². The topological polar surface area (TPSA) is 4.93 Å². The zero-order chi connectivity index (χ0) is 22.0. The van der Waals surface area contributed by atoms with Gasteiger partial charge in [-0.25, -0.2) is 0 Å². The van der Waals surface area contributed by atoms with Gasteiger partial charge in [0.05, 0.1) is 8.07 Å². The van der Waals surface area contributed by atoms with Crippen molar-refractivity contribution in [1.29, 1.82) is 0 Å². The van der Waals surface area contributed by atoms with E-state index in [2.05, 4.69) is 123 Å². The van der Waals surface area contributed by atoms with E-state index in [9.17, 15) is 0 Å². The van der Waals surface area contributed by atoms with Crippen LogP contribution in [0.4, 0.5) is 0 Å². The predicted molar refractivity (Wildman–Crippen MR) is 140 cm³/mol. The van der Waals surface area contributed by atoms with Crippen molar-refractivity contribution in [1.82, 2.24) is 4.57 Å². The number of benzene rings is 3. The molecule has 3 heteroatoms. The number of allylic oxidation sites excluding steroid dienone is 1. The van der Waals surface area contributed by atoms with E-state index in [4.69, 9.17) is 0 Å². The SMILES string of the molecule is CC1=C2c3c(ccn3-c3ccccc3)C1[Si]2(C)C.Cc1cc2c(ccc3ccccc32)[cH-]1.[Zr]. The van der Waals surface area contributed by atoms with E-state index in [-0.39, 0.29) is 26.2 Å². The number of aromatic nitrogens is 1. The summed E-state index contributed by atoms with van der Waals surface area (Å²) < 4.78 is 2.38. The van der Waals surface area contributed by atoms with Gasteiger partial charge in [0.2, 0.25) is 0 Å². The molecule has 4 aromatic carbocycles. The van der Waals surface area contributed by atoms with Gasteiger partial charge >= 0.3 is 0 Å². The zero-order valence-corrected chi connectivity index (χ0v) is 23.1. The number of aryl methyl sites for hydroxylation is 1. The normalized spacial score (nSPS) is 17.3. The van der Waals surface area contributed by atoms with E-state index in [0.717, 1.165) is 5.54 Å². The summed E-state index contributed by atoms with van der Waals surface area (Å²) in [7, 11) is -1.17. The molecule has 5 aromatic rings. The monoisotopic (exact) mass is 520 g/mol. The van der Waals surface area contributed by atoms with Crippen LogP contribution in [-0.2, 0) is 26.2 Å². The second kappa shape index (κ2) is 8.15. The smallest absolute Gasteiger partial charge is 0.0950 e. The number of fused-ring (bicyclic) bond motifs is 3. The minimum Gasteiger partial charge on any atom is -0.317 e. The maximum Gasteiger partial charge on any atom is 0.0950 e. The van der Waals surface area contributed by atoms with E-state index < -0.39 is 8.07 Å². The Morgan fingerprint density at radius 2 is 1.55 bits per heavy atom. The fourth-order valence-corrected chi connectivity index (χ4v) is 10.6. The summed E-state index contributed by atoms with van der Waals surface area (Å²) >= 11 is 0. The van der Waals surface area contributed by atoms with E-state index in [1.807, 2.05) is 0 Å². The van der Waals surface area contributed by atoms with Gasteiger partial charge in [0.1, 0.15) is 0 Å². The summed E-state index contributed by atoms with van der Waals surface area (Å²) in [5, 5.41) is 7.11. The quantitative estimate of drug-likeness (QED) is 0.155. The number of para-hydroxylation sites is 1. The van der Waals surface area contributed by atoms with Crippen LogP contribution in [0.25, 0.3) is 32.4 Å². The van der Waals surface area contributed by atoms with Gasteiger partial charge in [0, 0.05) is 49.3 Å². The summed E-state index contributed by atoms with van der Waals surface area (Å²) in [5.41, 5.74) is 8.16. The summed E-state index contributed by atoms with van der Waals surface area (Å²) in [6.45, 7) is 9.49. The third kappa shape index (κ3) is 3.32. The molecule has 1 nitrogen and oxygen atoms in total. The molecular weight excluding hydrogens is 494 g/mol. The maximum atomic E-state index is 2.51. The third-order valence-corrected chi connectivity index (χ3v) is 11.6. The fourth-order valence-electron chi connectivity index (χ4n) is 6.24. The minimum atomic E-state index is -1.17. The predicted octanol–water partition coefficient (Wildman–Crippen LogP) is 8.17. The molecule has 0 saturated heterocycles. The van der Waals surface area contributed by atoms with Gasteiger partial charge in [-0.1, -0.05) is 79.5 Å². The Labute approximate surface area is 216 Å². The first kappa shape index (κ1) is 22.4. The molecule has 0 N–H and O–H groups in total. The van der Waals surface area contributed by atoms with Crippen LogP contribution in [0.2, 0.25) is 13.1 Å². The van der Waals surface area contributed by atoms with Crippen molar-refractivity contribution in [2.45, 2.75) is 32.5 Å². The molecule has 1 unspecified atom stereocenters. The molecular formula is C30H28NSiZr-. The first-order chi connectivity index (χ1) is 15.5. The van der Waals surface area contributed by atoms with E-state index in [1.54, 1.807) is 16.3 Å². The molecule has 0 amide bonds. The van der Waals surface area contributed by atoms with Crippen molar-refractivity contribution in [3.8, 4) is 5.69 Å². The van der Waals surface area contributed by atoms with E-state index >= 15 is 0 Å². The van der Waals surface area contributed by atoms with Crippen LogP contribution in [0, 0.1) is 6.92 Å². The van der Waals surface area contributed by atoms with Crippen LogP contribution >= 0.6 is 0 Å². The standard InChI is InChI=1S/C16H17NSi.C14H11.Zr/c1-11-15-13-9-10-17(12-7-5-4-6-8-12)14(13)16(11)18(15,2)3;1-10-8-12-7-6-11-4-2-3-5-13(11)14(12)9-10;/h4-10,15H,1-3H3;2-9H,1H3;/q;-1;. The molecule has 162 valence electrons. The summed E-state index contributed by atoms with van der Waals surface area (Å²) in [5.74, 6) is 0. The second-order valence-corrected chi connectivity index (χ2v) is 14.4. The van der Waals surface area contributed by atoms with Gasteiger partial charge in [0.15, 0.2) is 0 Å². The molecule has 2 bridgehead atoms. The molecule has 0 fully saturated rings. The average molecular weight is 522 g/mol. The van der Waals surface area contributed by atoms with Crippen LogP contribution in [0.1, 0.15) is 29.3 Å². The van der Waals surface area contributed by atoms with Gasteiger partial charge in [-0.3, -0.25) is 0 Å². The van der Waals surface area contributed by atoms with Crippen molar-refractivity contribution in [2.24, 2.45) is 0 Å². The Bertz CT molecular complexity index is 1520. The van der Waals surface area contributed by atoms with Crippen molar-refractivity contribution < 1.29 is 26.2 Å². The Morgan fingerprint density at radius 3 is 2.30 bits per heavy atom. The Hall–Kier alpha value is -2.35. The molecule has 1 aromatic heterocycles. The zero-order valence-electron chi connectivity index (χ0n) is 19.7. The molecule has 0 radical (unpaired) electrons. The summed E-state index contributed by atoms with van der Waals surface area (Å²) in [6.07, 6.45) is 2.24. The van der Waals surface area contributed by atoms with Crippen LogP contribution in [-0.4, -0.2) is 12.6 Å². The Morgan fingerprint density at radius 1 is 0.818 bits per heavy atom. The van der Waals surface area contributed by atoms with Crippen molar-refractivity contribution in [2.75, 3.05) is 0 Å². The largest absolute Gasteiger partial charge is 0.317 e. The number of rotatable bonds is 1. The van der Waals surface area contributed by atoms with Crippen LogP contribution < -0.4 is 0 Å². The fraction of sp³-hybridized carbons (Fsp3) is 0.167. The van der Waals surface area contributed by atoms with Crippen molar-refractivity contribution in [3.05, 3.63) is 114 Å². The first-order valence-electron chi connectivity index (χ1n) is 11.5. The van der Waals surface area contributed by atoms with Crippen LogP contribution in [0.3, 0.4) is 0 Å². The first-order valence-corrected chi connectivity index (χ1v) is 14.6. The minimum absolute atomic E-state index is 0. The number of hydrogen-bond donors (Lipinski definition) is 0. The van der Waals surface area contributed by atoms with Crippen molar-refractivity contribution >= 4 is 34.8 Å². The second-order valence-electron chi connectivity index (χ2n) is 9.86. The van der Waals surface area contributed by atoms with Crippen LogP contribution in [0.15, 0.2) is 96.7 Å². The Balaban J connectivity index is 0.000000138. The molecule has 2 aliphatic heterocycles. The van der Waals surface area contributed by atoms with Gasteiger partial charge in [-0.2, -0.15) is 6.07 Å². The number of hydrogen-bond acceptors (Lipinski definition) is 0. The van der Waals surface area contributed by atoms with E-state index in [0.29, 0.717) is 0 Å². The molecule has 33 heavy (non-hydrogen) atoms.